The molecule has 0 spiro atoms. The third kappa shape index (κ3) is 4.92. The first-order chi connectivity index (χ1) is 12.1. The SMILES string of the molecule is CN(Cc1ccc(N2CCCCC2)cc1)C(=S)Nc1ccc(F)cc1. The average Bonchev–Trinajstić information content (AvgIpc) is 2.65. The van der Waals surface area contributed by atoms with Crippen molar-refractivity contribution in [1.29, 1.82) is 0 Å². The average molecular weight is 357 g/mol. The molecule has 0 atom stereocenters. The number of hydrogen-bond donors (Lipinski definition) is 1. The first kappa shape index (κ1) is 17.7. The molecular formula is C20H24FN3S. The van der Waals surface area contributed by atoms with Crippen molar-refractivity contribution in [2.45, 2.75) is 25.8 Å². The topological polar surface area (TPSA) is 18.5 Å². The Balaban J connectivity index is 1.55. The molecule has 0 unspecified atom stereocenters. The Labute approximate surface area is 154 Å². The Kier molecular flexibility index (Phi) is 5.87. The van der Waals surface area contributed by atoms with Gasteiger partial charge in [-0.1, -0.05) is 12.1 Å². The molecule has 1 N–H and O–H groups in total. The van der Waals surface area contributed by atoms with Crippen LogP contribution < -0.4 is 10.2 Å². The normalized spacial score (nSPS) is 14.2. The molecule has 5 heteroatoms. The van der Waals surface area contributed by atoms with Crippen molar-refractivity contribution in [3.05, 3.63) is 59.9 Å². The molecule has 1 aliphatic heterocycles. The summed E-state index contributed by atoms with van der Waals surface area (Å²) in [6.45, 7) is 3.04. The van der Waals surface area contributed by atoms with E-state index >= 15 is 0 Å². The highest BCUT2D eigenvalue weighted by atomic mass is 32.1. The van der Waals surface area contributed by atoms with E-state index in [1.807, 2.05) is 11.9 Å². The summed E-state index contributed by atoms with van der Waals surface area (Å²) in [5.41, 5.74) is 3.31. The number of rotatable bonds is 4. The van der Waals surface area contributed by atoms with Gasteiger partial charge in [0.25, 0.3) is 0 Å². The lowest BCUT2D eigenvalue weighted by molar-refractivity contribution is 0.508. The highest BCUT2D eigenvalue weighted by Crippen LogP contribution is 2.20. The maximum absolute atomic E-state index is 13.0. The summed E-state index contributed by atoms with van der Waals surface area (Å²) in [7, 11) is 1.96. The predicted octanol–water partition coefficient (Wildman–Crippen LogP) is 4.64. The quantitative estimate of drug-likeness (QED) is 0.803. The van der Waals surface area contributed by atoms with Crippen molar-refractivity contribution in [1.82, 2.24) is 4.90 Å². The molecule has 25 heavy (non-hydrogen) atoms. The van der Waals surface area contributed by atoms with Gasteiger partial charge in [-0.3, -0.25) is 0 Å². The summed E-state index contributed by atoms with van der Waals surface area (Å²) >= 11 is 5.43. The number of piperidine rings is 1. The van der Waals surface area contributed by atoms with E-state index in [-0.39, 0.29) is 5.82 Å². The lowest BCUT2D eigenvalue weighted by Gasteiger charge is -2.29. The number of hydrogen-bond acceptors (Lipinski definition) is 2. The minimum absolute atomic E-state index is 0.251. The maximum Gasteiger partial charge on any atom is 0.173 e. The third-order valence-electron chi connectivity index (χ3n) is 4.52. The molecule has 2 aromatic carbocycles. The van der Waals surface area contributed by atoms with Crippen molar-refractivity contribution in [2.24, 2.45) is 0 Å². The Morgan fingerprint density at radius 2 is 1.68 bits per heavy atom. The van der Waals surface area contributed by atoms with Crippen LogP contribution in [-0.2, 0) is 6.54 Å². The molecule has 3 nitrogen and oxygen atoms in total. The van der Waals surface area contributed by atoms with Crippen LogP contribution in [0.4, 0.5) is 15.8 Å². The number of thiocarbonyl (C=S) groups is 1. The van der Waals surface area contributed by atoms with Crippen molar-refractivity contribution >= 4 is 28.7 Å². The molecule has 1 saturated heterocycles. The van der Waals surface area contributed by atoms with E-state index in [0.717, 1.165) is 25.3 Å². The first-order valence-electron chi connectivity index (χ1n) is 8.73. The number of halogens is 1. The molecule has 0 saturated carbocycles. The van der Waals surface area contributed by atoms with Gasteiger partial charge in [-0.05, 0) is 73.4 Å². The molecular weight excluding hydrogens is 333 g/mol. The van der Waals surface area contributed by atoms with Gasteiger partial charge in [0.2, 0.25) is 0 Å². The van der Waals surface area contributed by atoms with Crippen molar-refractivity contribution < 1.29 is 4.39 Å². The van der Waals surface area contributed by atoms with Gasteiger partial charge in [0.1, 0.15) is 5.82 Å². The van der Waals surface area contributed by atoms with Gasteiger partial charge in [-0.15, -0.1) is 0 Å². The molecule has 0 amide bonds. The van der Waals surface area contributed by atoms with Crippen molar-refractivity contribution in [3.8, 4) is 0 Å². The van der Waals surface area contributed by atoms with Gasteiger partial charge >= 0.3 is 0 Å². The van der Waals surface area contributed by atoms with E-state index in [1.54, 1.807) is 12.1 Å². The Hall–Kier alpha value is -2.14. The van der Waals surface area contributed by atoms with Crippen molar-refractivity contribution in [3.63, 3.8) is 0 Å². The summed E-state index contributed by atoms with van der Waals surface area (Å²) < 4.78 is 13.0. The Morgan fingerprint density at radius 1 is 1.04 bits per heavy atom. The molecule has 1 heterocycles. The van der Waals surface area contributed by atoms with E-state index in [1.165, 1.54) is 42.6 Å². The fraction of sp³-hybridized carbons (Fsp3) is 0.350. The van der Waals surface area contributed by atoms with Gasteiger partial charge in [0, 0.05) is 38.1 Å². The number of nitrogens with one attached hydrogen (secondary N) is 1. The Bertz CT molecular complexity index is 694. The van der Waals surface area contributed by atoms with E-state index in [2.05, 4.69) is 34.5 Å². The van der Waals surface area contributed by atoms with Gasteiger partial charge < -0.3 is 15.1 Å². The molecule has 2 aromatic rings. The Morgan fingerprint density at radius 3 is 2.32 bits per heavy atom. The second-order valence-electron chi connectivity index (χ2n) is 6.51. The minimum Gasteiger partial charge on any atom is -0.372 e. The highest BCUT2D eigenvalue weighted by molar-refractivity contribution is 7.80. The maximum atomic E-state index is 13.0. The van der Waals surface area contributed by atoms with Crippen LogP contribution in [0.25, 0.3) is 0 Å². The van der Waals surface area contributed by atoms with Crippen LogP contribution in [-0.4, -0.2) is 30.1 Å². The zero-order valence-electron chi connectivity index (χ0n) is 14.5. The number of benzene rings is 2. The molecule has 1 aliphatic rings. The smallest absolute Gasteiger partial charge is 0.173 e. The summed E-state index contributed by atoms with van der Waals surface area (Å²) in [5, 5.41) is 3.75. The predicted molar refractivity (Wildman–Crippen MR) is 107 cm³/mol. The molecule has 1 fully saturated rings. The largest absolute Gasteiger partial charge is 0.372 e. The molecule has 0 radical (unpaired) electrons. The first-order valence-corrected chi connectivity index (χ1v) is 9.14. The second kappa shape index (κ2) is 8.30. The third-order valence-corrected chi connectivity index (χ3v) is 4.93. The van der Waals surface area contributed by atoms with Crippen LogP contribution >= 0.6 is 12.2 Å². The molecule has 132 valence electrons. The van der Waals surface area contributed by atoms with E-state index in [4.69, 9.17) is 12.2 Å². The zero-order chi connectivity index (χ0) is 17.6. The van der Waals surface area contributed by atoms with Crippen LogP contribution in [0.3, 0.4) is 0 Å². The summed E-state index contributed by atoms with van der Waals surface area (Å²) in [6.07, 6.45) is 3.92. The lowest BCUT2D eigenvalue weighted by atomic mass is 10.1. The van der Waals surface area contributed by atoms with Gasteiger partial charge in [-0.2, -0.15) is 0 Å². The van der Waals surface area contributed by atoms with E-state index in [9.17, 15) is 4.39 Å². The van der Waals surface area contributed by atoms with Crippen LogP contribution in [0.15, 0.2) is 48.5 Å². The number of nitrogens with zero attached hydrogens (tertiary/aromatic N) is 2. The second-order valence-corrected chi connectivity index (χ2v) is 6.89. The van der Waals surface area contributed by atoms with Crippen LogP contribution in [0.2, 0.25) is 0 Å². The summed E-state index contributed by atoms with van der Waals surface area (Å²) in [4.78, 5) is 4.44. The van der Waals surface area contributed by atoms with Crippen LogP contribution in [0.1, 0.15) is 24.8 Å². The number of anilines is 2. The molecule has 0 aliphatic carbocycles. The van der Waals surface area contributed by atoms with Crippen molar-refractivity contribution in [2.75, 3.05) is 30.4 Å². The van der Waals surface area contributed by atoms with Gasteiger partial charge in [-0.25, -0.2) is 4.39 Å². The molecule has 3 rings (SSSR count). The minimum atomic E-state index is -0.251. The fourth-order valence-corrected chi connectivity index (χ4v) is 3.24. The lowest BCUT2D eigenvalue weighted by Crippen LogP contribution is -2.31. The van der Waals surface area contributed by atoms with Gasteiger partial charge in [0.05, 0.1) is 0 Å². The standard InChI is InChI=1S/C20H24FN3S/c1-23(20(25)22-18-9-7-17(21)8-10-18)15-16-5-11-19(12-6-16)24-13-3-2-4-14-24/h5-12H,2-4,13-15H2,1H3,(H,22,25). The van der Waals surface area contributed by atoms with Crippen LogP contribution in [0.5, 0.6) is 0 Å². The van der Waals surface area contributed by atoms with Crippen LogP contribution in [0, 0.1) is 5.82 Å². The highest BCUT2D eigenvalue weighted by Gasteiger charge is 2.11. The summed E-state index contributed by atoms with van der Waals surface area (Å²) in [5.74, 6) is -0.251. The summed E-state index contributed by atoms with van der Waals surface area (Å²) in [6, 6.07) is 14.9. The fourth-order valence-electron chi connectivity index (χ4n) is 3.06. The molecule has 0 aromatic heterocycles. The zero-order valence-corrected chi connectivity index (χ0v) is 15.4. The monoisotopic (exact) mass is 357 g/mol. The van der Waals surface area contributed by atoms with E-state index in [0.29, 0.717) is 5.11 Å². The molecule has 0 bridgehead atoms. The van der Waals surface area contributed by atoms with E-state index < -0.39 is 0 Å². The van der Waals surface area contributed by atoms with Gasteiger partial charge in [0.15, 0.2) is 5.11 Å².